The van der Waals surface area contributed by atoms with E-state index in [1.54, 1.807) is 30.3 Å². The number of likely N-dealkylation sites (N-methyl/N-ethyl adjacent to an activating group) is 1. The number of phenols is 1. The lowest BCUT2D eigenvalue weighted by Gasteiger charge is -2.35. The molecule has 6 rings (SSSR count). The Labute approximate surface area is 267 Å². The van der Waals surface area contributed by atoms with Gasteiger partial charge in [0, 0.05) is 43.7 Å². The van der Waals surface area contributed by atoms with Crippen LogP contribution in [0.4, 0.5) is 10.1 Å². The van der Waals surface area contributed by atoms with Crippen LogP contribution in [-0.2, 0) is 15.8 Å². The third-order valence-electron chi connectivity index (χ3n) is 8.13. The molecule has 3 aromatic carbocycles. The lowest BCUT2D eigenvalue weighted by molar-refractivity contribution is 0.252. The number of benzene rings is 3. The van der Waals surface area contributed by atoms with Crippen molar-refractivity contribution in [1.82, 2.24) is 19.1 Å². The number of aromatic hydroxyl groups is 1. The highest BCUT2D eigenvalue weighted by Crippen LogP contribution is 2.39. The van der Waals surface area contributed by atoms with Gasteiger partial charge < -0.3 is 24.7 Å². The minimum atomic E-state index is -4.01. The number of unbranched alkanes of at least 4 members (excludes halogenated alkanes) is 1. The first-order valence-corrected chi connectivity index (χ1v) is 16.8. The molecule has 3 heterocycles. The summed E-state index contributed by atoms with van der Waals surface area (Å²) in [5.41, 5.74) is 2.73. The molecule has 0 radical (unpaired) electrons. The number of hydrogen-bond donors (Lipinski definition) is 2. The van der Waals surface area contributed by atoms with E-state index in [1.807, 2.05) is 24.3 Å². The predicted molar refractivity (Wildman–Crippen MR) is 176 cm³/mol. The fourth-order valence-corrected chi connectivity index (χ4v) is 7.03. The smallest absolute Gasteiger partial charge is 0.258 e. The predicted octanol–water partition coefficient (Wildman–Crippen LogP) is 4.89. The summed E-state index contributed by atoms with van der Waals surface area (Å²) in [6.45, 7) is 3.91. The molecule has 0 unspecified atom stereocenters. The molecule has 0 bridgehead atoms. The van der Waals surface area contributed by atoms with Crippen molar-refractivity contribution in [1.29, 1.82) is 0 Å². The zero-order valence-electron chi connectivity index (χ0n) is 25.5. The Balaban J connectivity index is 1.50. The molecular formula is C34H36FN5O5S. The Hall–Kier alpha value is -4.52. The van der Waals surface area contributed by atoms with Gasteiger partial charge in [-0.1, -0.05) is 42.5 Å². The Kier molecular flexibility index (Phi) is 9.20. The molecule has 0 atom stereocenters. The average Bonchev–Trinajstić information content (AvgIpc) is 3.44. The van der Waals surface area contributed by atoms with Gasteiger partial charge in [0.25, 0.3) is 10.0 Å². The van der Waals surface area contributed by atoms with Crippen LogP contribution in [0.2, 0.25) is 0 Å². The van der Waals surface area contributed by atoms with Gasteiger partial charge in [0.1, 0.15) is 28.5 Å². The van der Waals surface area contributed by atoms with E-state index in [0.29, 0.717) is 47.4 Å². The summed E-state index contributed by atoms with van der Waals surface area (Å²) in [4.78, 5) is 8.89. The standard InChI is InChI=1S/C34H36FN5O5S/c1-38-14-16-39(17-15-38)29-13-12-25(20-32(29)45-19-6-5-18-41)34-26-21-28(33-27(35)10-7-11-31(33)42)36-22-30(26)40(37-34)46(43,44)23-24-8-3-2-4-9-24/h2-4,7-13,20-22,41-42H,5-6,14-19,23H2,1H3. The van der Waals surface area contributed by atoms with Crippen LogP contribution >= 0.6 is 0 Å². The van der Waals surface area contributed by atoms with E-state index < -0.39 is 15.8 Å². The van der Waals surface area contributed by atoms with Crippen LogP contribution in [0.15, 0.2) is 79.0 Å². The van der Waals surface area contributed by atoms with Gasteiger partial charge in [0.2, 0.25) is 0 Å². The Morgan fingerprint density at radius 2 is 1.74 bits per heavy atom. The molecule has 12 heteroatoms. The topological polar surface area (TPSA) is 121 Å². The van der Waals surface area contributed by atoms with E-state index >= 15 is 0 Å². The van der Waals surface area contributed by atoms with Crippen molar-refractivity contribution in [2.45, 2.75) is 18.6 Å². The van der Waals surface area contributed by atoms with Gasteiger partial charge in [0.05, 0.1) is 35.5 Å². The van der Waals surface area contributed by atoms with E-state index in [0.717, 1.165) is 36.0 Å². The minimum Gasteiger partial charge on any atom is -0.507 e. The number of ether oxygens (including phenoxy) is 1. The Bertz CT molecular complexity index is 1920. The molecule has 1 aliphatic heterocycles. The van der Waals surface area contributed by atoms with Gasteiger partial charge in [-0.15, -0.1) is 0 Å². The molecule has 1 saturated heterocycles. The number of rotatable bonds is 11. The lowest BCUT2D eigenvalue weighted by atomic mass is 10.0. The van der Waals surface area contributed by atoms with Gasteiger partial charge in [0.15, 0.2) is 0 Å². The van der Waals surface area contributed by atoms with Gasteiger partial charge in [-0.05, 0) is 55.8 Å². The molecule has 10 nitrogen and oxygen atoms in total. The second-order valence-corrected chi connectivity index (χ2v) is 13.2. The van der Waals surface area contributed by atoms with Crippen molar-refractivity contribution in [2.24, 2.45) is 0 Å². The quantitative estimate of drug-likeness (QED) is 0.194. The monoisotopic (exact) mass is 645 g/mol. The highest BCUT2D eigenvalue weighted by Gasteiger charge is 2.26. The van der Waals surface area contributed by atoms with E-state index in [1.165, 1.54) is 24.4 Å². The van der Waals surface area contributed by atoms with Crippen molar-refractivity contribution >= 4 is 26.6 Å². The summed E-state index contributed by atoms with van der Waals surface area (Å²) in [5.74, 6) is -0.613. The summed E-state index contributed by atoms with van der Waals surface area (Å²) in [7, 11) is -1.92. The van der Waals surface area contributed by atoms with Crippen LogP contribution < -0.4 is 9.64 Å². The maximum atomic E-state index is 14.9. The molecule has 1 aliphatic rings. The maximum absolute atomic E-state index is 14.9. The molecule has 240 valence electrons. The molecule has 2 aromatic heterocycles. The Morgan fingerprint density at radius 1 is 0.957 bits per heavy atom. The minimum absolute atomic E-state index is 0.0729. The lowest BCUT2D eigenvalue weighted by Crippen LogP contribution is -2.44. The second-order valence-electron chi connectivity index (χ2n) is 11.4. The largest absolute Gasteiger partial charge is 0.507 e. The normalized spacial score (nSPS) is 14.2. The number of piperazine rings is 1. The van der Waals surface area contributed by atoms with Gasteiger partial charge in [-0.2, -0.15) is 9.19 Å². The van der Waals surface area contributed by atoms with E-state index in [2.05, 4.69) is 26.9 Å². The molecule has 1 fully saturated rings. The number of pyridine rings is 1. The maximum Gasteiger partial charge on any atom is 0.258 e. The third kappa shape index (κ3) is 6.55. The number of fused-ring (bicyclic) bond motifs is 1. The molecule has 0 aliphatic carbocycles. The number of aliphatic hydroxyl groups is 1. The van der Waals surface area contributed by atoms with Crippen molar-refractivity contribution in [3.05, 3.63) is 90.4 Å². The molecule has 5 aromatic rings. The Morgan fingerprint density at radius 3 is 2.48 bits per heavy atom. The number of hydrogen-bond acceptors (Lipinski definition) is 9. The summed E-state index contributed by atoms with van der Waals surface area (Å²) in [6, 6.07) is 20.1. The molecular weight excluding hydrogens is 609 g/mol. The first kappa shape index (κ1) is 31.5. The zero-order chi connectivity index (χ0) is 32.3. The highest BCUT2D eigenvalue weighted by molar-refractivity contribution is 7.89. The number of halogens is 1. The van der Waals surface area contributed by atoms with Crippen molar-refractivity contribution in [2.75, 3.05) is 51.3 Å². The van der Waals surface area contributed by atoms with E-state index in [4.69, 9.17) is 4.74 Å². The average molecular weight is 646 g/mol. The van der Waals surface area contributed by atoms with E-state index in [-0.39, 0.29) is 34.9 Å². The molecule has 2 N–H and O–H groups in total. The molecule has 0 spiro atoms. The van der Waals surface area contributed by atoms with Crippen LogP contribution in [0.1, 0.15) is 18.4 Å². The van der Waals surface area contributed by atoms with E-state index in [9.17, 15) is 23.0 Å². The van der Waals surface area contributed by atoms with Crippen LogP contribution in [-0.4, -0.2) is 84.1 Å². The number of aromatic nitrogens is 3. The van der Waals surface area contributed by atoms with Crippen LogP contribution in [0, 0.1) is 5.82 Å². The van der Waals surface area contributed by atoms with Gasteiger partial charge in [-0.25, -0.2) is 12.8 Å². The summed E-state index contributed by atoms with van der Waals surface area (Å²) in [6.07, 6.45) is 2.62. The van der Waals surface area contributed by atoms with Crippen LogP contribution in [0.25, 0.3) is 33.4 Å². The SMILES string of the molecule is CN1CCN(c2ccc(-c3nn(S(=O)(=O)Cc4ccccc4)c4cnc(-c5c(O)cccc5F)cc34)cc2OCCCCO)CC1. The number of anilines is 1. The molecule has 0 amide bonds. The number of nitrogens with zero attached hydrogens (tertiary/aromatic N) is 5. The fraction of sp³-hybridized carbons (Fsp3) is 0.294. The van der Waals surface area contributed by atoms with Crippen molar-refractivity contribution in [3.63, 3.8) is 0 Å². The fourth-order valence-electron chi connectivity index (χ4n) is 5.64. The molecule has 0 saturated carbocycles. The van der Waals surface area contributed by atoms with Crippen molar-refractivity contribution in [3.8, 4) is 34.0 Å². The number of aliphatic hydroxyl groups excluding tert-OH is 1. The van der Waals surface area contributed by atoms with Crippen LogP contribution in [0.5, 0.6) is 11.5 Å². The third-order valence-corrected chi connectivity index (χ3v) is 9.63. The summed E-state index contributed by atoms with van der Waals surface area (Å²) in [5, 5.41) is 24.8. The van der Waals surface area contributed by atoms with Gasteiger partial charge >= 0.3 is 0 Å². The number of phenolic OH excluding ortho intramolecular Hbond substituents is 1. The zero-order valence-corrected chi connectivity index (χ0v) is 26.3. The summed E-state index contributed by atoms with van der Waals surface area (Å²) < 4.78 is 49.7. The van der Waals surface area contributed by atoms with Gasteiger partial charge in [-0.3, -0.25) is 4.98 Å². The van der Waals surface area contributed by atoms with Crippen molar-refractivity contribution < 1.29 is 27.8 Å². The molecule has 46 heavy (non-hydrogen) atoms. The first-order valence-electron chi connectivity index (χ1n) is 15.2. The van der Waals surface area contributed by atoms with Crippen LogP contribution in [0.3, 0.4) is 0 Å². The highest BCUT2D eigenvalue weighted by atomic mass is 32.2. The second kappa shape index (κ2) is 13.5. The summed E-state index contributed by atoms with van der Waals surface area (Å²) >= 11 is 0. The first-order chi connectivity index (χ1) is 22.2.